The fourth-order valence-corrected chi connectivity index (χ4v) is 3.09. The number of nitrogens with one attached hydrogen (secondary N) is 1. The van der Waals surface area contributed by atoms with Crippen molar-refractivity contribution >= 4 is 27.9 Å². The molecule has 0 bridgehead atoms. The number of nitrogens with zero attached hydrogens (tertiary/aromatic N) is 1. The molecule has 124 valence electrons. The predicted octanol–water partition coefficient (Wildman–Crippen LogP) is 2.60. The molecule has 1 N–H and O–H groups in total. The van der Waals surface area contributed by atoms with Crippen LogP contribution in [0.2, 0.25) is 0 Å². The third-order valence-corrected chi connectivity index (χ3v) is 4.18. The van der Waals surface area contributed by atoms with Crippen molar-refractivity contribution in [2.45, 2.75) is 13.0 Å². The normalized spacial score (nSPS) is 17.8. The van der Waals surface area contributed by atoms with E-state index in [-0.39, 0.29) is 12.6 Å². The number of amides is 2. The van der Waals surface area contributed by atoms with Crippen molar-refractivity contribution in [3.63, 3.8) is 0 Å². The summed E-state index contributed by atoms with van der Waals surface area (Å²) in [7, 11) is 3.20. The number of hydrogen-bond donors (Lipinski definition) is 1. The summed E-state index contributed by atoms with van der Waals surface area (Å²) in [4.78, 5) is 26.0. The minimum absolute atomic E-state index is 0.269. The summed E-state index contributed by atoms with van der Waals surface area (Å²) in [5, 5.41) is 3.21. The largest absolute Gasteiger partial charge is 0.497 e. The highest BCUT2D eigenvalue weighted by atomic mass is 79.9. The second-order valence-corrected chi connectivity index (χ2v) is 5.49. The van der Waals surface area contributed by atoms with Crippen LogP contribution in [0.3, 0.4) is 0 Å². The van der Waals surface area contributed by atoms with Crippen LogP contribution < -0.4 is 10.1 Å². The van der Waals surface area contributed by atoms with Crippen LogP contribution in [-0.2, 0) is 9.53 Å². The number of rotatable bonds is 5. The average Bonchev–Trinajstić information content (AvgIpc) is 2.57. The Balaban J connectivity index is 2.50. The number of carbonyl (C=O) groups is 2. The van der Waals surface area contributed by atoms with Crippen LogP contribution in [-0.4, -0.2) is 43.0 Å². The van der Waals surface area contributed by atoms with Gasteiger partial charge in [-0.15, -0.1) is 0 Å². The molecule has 0 saturated heterocycles. The zero-order chi connectivity index (χ0) is 17.0. The van der Waals surface area contributed by atoms with E-state index in [0.717, 1.165) is 5.56 Å². The monoisotopic (exact) mass is 382 g/mol. The maximum atomic E-state index is 12.4. The van der Waals surface area contributed by atoms with Gasteiger partial charge in [-0.3, -0.25) is 4.90 Å². The summed E-state index contributed by atoms with van der Waals surface area (Å²) in [5.74, 6) is 0.269. The lowest BCUT2D eigenvalue weighted by Gasteiger charge is -2.34. The van der Waals surface area contributed by atoms with Crippen LogP contribution in [0, 0.1) is 0 Å². The van der Waals surface area contributed by atoms with Gasteiger partial charge in [0.15, 0.2) is 0 Å². The van der Waals surface area contributed by atoms with Crippen molar-refractivity contribution in [3.05, 3.63) is 41.1 Å². The molecule has 2 rings (SSSR count). The average molecular weight is 383 g/mol. The highest BCUT2D eigenvalue weighted by molar-refractivity contribution is 9.09. The number of halogens is 1. The predicted molar refractivity (Wildman–Crippen MR) is 89.5 cm³/mol. The third kappa shape index (κ3) is 3.50. The number of carbonyl (C=O) groups excluding carboxylic acids is 2. The van der Waals surface area contributed by atoms with Gasteiger partial charge in [0.05, 0.1) is 25.3 Å². The van der Waals surface area contributed by atoms with E-state index in [1.165, 1.54) is 4.90 Å². The standard InChI is InChI=1S/C16H19BrN2O4/c1-4-23-15(20)13-12(9-17)19(2)16(21)18-14(13)10-5-7-11(22-3)8-6-10/h5-8,14H,4,9H2,1-3H3,(H,18,21)/t14-/m0/s1. The molecule has 0 fully saturated rings. The van der Waals surface area contributed by atoms with E-state index in [1.54, 1.807) is 33.2 Å². The van der Waals surface area contributed by atoms with Crippen LogP contribution in [0.5, 0.6) is 5.75 Å². The van der Waals surface area contributed by atoms with Gasteiger partial charge in [0.1, 0.15) is 5.75 Å². The first-order valence-corrected chi connectivity index (χ1v) is 8.29. The molecular formula is C16H19BrN2O4. The van der Waals surface area contributed by atoms with Gasteiger partial charge in [-0.05, 0) is 24.6 Å². The lowest BCUT2D eigenvalue weighted by Crippen LogP contribution is -2.47. The van der Waals surface area contributed by atoms with E-state index in [2.05, 4.69) is 21.2 Å². The Morgan fingerprint density at radius 1 is 1.35 bits per heavy atom. The first-order valence-electron chi connectivity index (χ1n) is 7.17. The van der Waals surface area contributed by atoms with Crippen molar-refractivity contribution in [2.24, 2.45) is 0 Å². The molecule has 0 aliphatic carbocycles. The lowest BCUT2D eigenvalue weighted by atomic mass is 9.95. The Morgan fingerprint density at radius 2 is 2.00 bits per heavy atom. The maximum Gasteiger partial charge on any atom is 0.338 e. The van der Waals surface area contributed by atoms with Crippen molar-refractivity contribution in [3.8, 4) is 5.75 Å². The first kappa shape index (κ1) is 17.3. The number of methoxy groups -OCH3 is 1. The van der Waals surface area contributed by atoms with Gasteiger partial charge >= 0.3 is 12.0 Å². The summed E-state index contributed by atoms with van der Waals surface area (Å²) < 4.78 is 10.3. The molecule has 1 aromatic carbocycles. The topological polar surface area (TPSA) is 67.9 Å². The third-order valence-electron chi connectivity index (χ3n) is 3.65. The molecule has 1 heterocycles. The number of benzene rings is 1. The van der Waals surface area contributed by atoms with E-state index in [9.17, 15) is 9.59 Å². The second-order valence-electron chi connectivity index (χ2n) is 4.93. The molecule has 23 heavy (non-hydrogen) atoms. The summed E-state index contributed by atoms with van der Waals surface area (Å²) >= 11 is 3.35. The number of urea groups is 1. The van der Waals surface area contributed by atoms with Crippen molar-refractivity contribution in [1.29, 1.82) is 0 Å². The summed E-state index contributed by atoms with van der Waals surface area (Å²) in [5.41, 5.74) is 1.80. The zero-order valence-corrected chi connectivity index (χ0v) is 14.8. The summed E-state index contributed by atoms with van der Waals surface area (Å²) in [6.07, 6.45) is 0. The molecule has 2 amide bonds. The molecule has 7 heteroatoms. The minimum atomic E-state index is -0.559. The van der Waals surface area contributed by atoms with Crippen LogP contribution >= 0.6 is 15.9 Å². The number of hydrogen-bond acceptors (Lipinski definition) is 4. The van der Waals surface area contributed by atoms with Crippen molar-refractivity contribution in [2.75, 3.05) is 26.1 Å². The number of alkyl halides is 1. The van der Waals surface area contributed by atoms with Crippen LogP contribution in [0.4, 0.5) is 4.79 Å². The molecule has 6 nitrogen and oxygen atoms in total. The Kier molecular flexibility index (Phi) is 5.65. The van der Waals surface area contributed by atoms with E-state index in [4.69, 9.17) is 9.47 Å². The van der Waals surface area contributed by atoms with E-state index < -0.39 is 12.0 Å². The highest BCUT2D eigenvalue weighted by Gasteiger charge is 2.36. The van der Waals surface area contributed by atoms with E-state index in [1.807, 2.05) is 12.1 Å². The number of ether oxygens (including phenoxy) is 2. The van der Waals surface area contributed by atoms with Crippen molar-refractivity contribution < 1.29 is 19.1 Å². The highest BCUT2D eigenvalue weighted by Crippen LogP contribution is 2.32. The Hall–Kier alpha value is -2.02. The first-order chi connectivity index (χ1) is 11.0. The number of esters is 1. The van der Waals surface area contributed by atoms with Crippen LogP contribution in [0.1, 0.15) is 18.5 Å². The second kappa shape index (κ2) is 7.50. The SMILES string of the molecule is CCOC(=O)C1=C(CBr)N(C)C(=O)N[C@H]1c1ccc(OC)cc1. The molecule has 1 aliphatic heterocycles. The van der Waals surface area contributed by atoms with Gasteiger partial charge in [0.25, 0.3) is 0 Å². The van der Waals surface area contributed by atoms with Crippen LogP contribution in [0.25, 0.3) is 0 Å². The Bertz CT molecular complexity index is 627. The number of allylic oxidation sites excluding steroid dienone is 1. The van der Waals surface area contributed by atoms with Gasteiger partial charge in [0.2, 0.25) is 0 Å². The molecule has 0 unspecified atom stereocenters. The minimum Gasteiger partial charge on any atom is -0.497 e. The fraction of sp³-hybridized carbons (Fsp3) is 0.375. The van der Waals surface area contributed by atoms with Gasteiger partial charge < -0.3 is 14.8 Å². The van der Waals surface area contributed by atoms with Gasteiger partial charge in [-0.2, -0.15) is 0 Å². The Labute approximate surface area is 143 Å². The van der Waals surface area contributed by atoms with Crippen LogP contribution in [0.15, 0.2) is 35.5 Å². The van der Waals surface area contributed by atoms with Gasteiger partial charge in [-0.25, -0.2) is 9.59 Å². The summed E-state index contributed by atoms with van der Waals surface area (Å²) in [6.45, 7) is 2.02. The van der Waals surface area contributed by atoms with E-state index in [0.29, 0.717) is 22.3 Å². The smallest absolute Gasteiger partial charge is 0.338 e. The maximum absolute atomic E-state index is 12.4. The molecule has 0 radical (unpaired) electrons. The van der Waals surface area contributed by atoms with Gasteiger partial charge in [-0.1, -0.05) is 28.1 Å². The molecule has 0 saturated carbocycles. The summed E-state index contributed by atoms with van der Waals surface area (Å²) in [6, 6.07) is 6.39. The molecule has 1 aromatic rings. The molecule has 0 aromatic heterocycles. The zero-order valence-electron chi connectivity index (χ0n) is 13.3. The molecule has 0 spiro atoms. The molecular weight excluding hydrogens is 364 g/mol. The molecule has 1 aliphatic rings. The van der Waals surface area contributed by atoms with Gasteiger partial charge in [0, 0.05) is 18.1 Å². The van der Waals surface area contributed by atoms with E-state index >= 15 is 0 Å². The Morgan fingerprint density at radius 3 is 2.52 bits per heavy atom. The quantitative estimate of drug-likeness (QED) is 0.627. The molecule has 1 atom stereocenters. The fourth-order valence-electron chi connectivity index (χ4n) is 2.41. The lowest BCUT2D eigenvalue weighted by molar-refractivity contribution is -0.139. The van der Waals surface area contributed by atoms with Crippen molar-refractivity contribution in [1.82, 2.24) is 10.2 Å².